The van der Waals surface area contributed by atoms with Crippen molar-refractivity contribution in [3.05, 3.63) is 0 Å². The number of carbonyl (C=O) groups is 3. The van der Waals surface area contributed by atoms with Crippen LogP contribution in [0.2, 0.25) is 0 Å². The van der Waals surface area contributed by atoms with Crippen molar-refractivity contribution in [2.24, 2.45) is 5.41 Å². The Balaban J connectivity index is 2.49. The summed E-state index contributed by atoms with van der Waals surface area (Å²) in [4.78, 5) is 34.2. The van der Waals surface area contributed by atoms with Crippen molar-refractivity contribution in [2.45, 2.75) is 52.0 Å². The topological polar surface area (TPSA) is 95.5 Å². The van der Waals surface area contributed by atoms with Gasteiger partial charge in [0.1, 0.15) is 6.04 Å². The maximum atomic E-state index is 11.9. The second-order valence-electron chi connectivity index (χ2n) is 5.82. The Labute approximate surface area is 112 Å². The lowest BCUT2D eigenvalue weighted by Gasteiger charge is -2.23. The average Bonchev–Trinajstić information content (AvgIpc) is 2.41. The minimum absolute atomic E-state index is 0.0721. The Bertz CT molecular complexity index is 366. The third-order valence-corrected chi connectivity index (χ3v) is 3.14. The number of amides is 2. The molecule has 1 fully saturated rings. The monoisotopic (exact) mass is 270 g/mol. The number of carboxylic acid groups (broad SMARTS) is 1. The second kappa shape index (κ2) is 6.54. The van der Waals surface area contributed by atoms with Crippen LogP contribution in [-0.2, 0) is 14.4 Å². The fourth-order valence-electron chi connectivity index (χ4n) is 2.23. The first-order chi connectivity index (χ1) is 8.80. The lowest BCUT2D eigenvalue weighted by molar-refractivity contribution is -0.140. The van der Waals surface area contributed by atoms with Gasteiger partial charge in [-0.15, -0.1) is 0 Å². The molecule has 1 atom stereocenters. The molecule has 0 saturated carbocycles. The zero-order valence-corrected chi connectivity index (χ0v) is 11.5. The van der Waals surface area contributed by atoms with Crippen LogP contribution < -0.4 is 10.6 Å². The maximum Gasteiger partial charge on any atom is 0.303 e. The van der Waals surface area contributed by atoms with E-state index in [-0.39, 0.29) is 24.7 Å². The van der Waals surface area contributed by atoms with Gasteiger partial charge in [-0.05, 0) is 24.7 Å². The first-order valence-electron chi connectivity index (χ1n) is 6.59. The minimum atomic E-state index is -0.926. The Hall–Kier alpha value is -1.59. The summed E-state index contributed by atoms with van der Waals surface area (Å²) in [6, 6.07) is -0.490. The van der Waals surface area contributed by atoms with Gasteiger partial charge in [-0.25, -0.2) is 0 Å². The highest BCUT2D eigenvalue weighted by Gasteiger charge is 2.28. The molecule has 0 aromatic heterocycles. The standard InChI is InChI=1S/C13H22N2O4/c1-13(2,8-11(17)18)7-10(16)15-9-5-3-4-6-14-12(9)19/h9H,3-8H2,1-2H3,(H,14,19)(H,15,16)(H,17,18)/t9-/m1/s1. The number of hydrogen-bond donors (Lipinski definition) is 3. The van der Waals surface area contributed by atoms with E-state index in [1.807, 2.05) is 0 Å². The predicted molar refractivity (Wildman–Crippen MR) is 69.4 cm³/mol. The number of aliphatic carboxylic acids is 1. The number of nitrogens with one attached hydrogen (secondary N) is 2. The van der Waals surface area contributed by atoms with Gasteiger partial charge in [0.2, 0.25) is 11.8 Å². The summed E-state index contributed by atoms with van der Waals surface area (Å²) in [6.07, 6.45) is 2.47. The Morgan fingerprint density at radius 3 is 2.68 bits per heavy atom. The molecule has 0 aromatic carbocycles. The highest BCUT2D eigenvalue weighted by atomic mass is 16.4. The average molecular weight is 270 g/mol. The molecule has 0 bridgehead atoms. The van der Waals surface area contributed by atoms with E-state index in [1.54, 1.807) is 13.8 Å². The summed E-state index contributed by atoms with van der Waals surface area (Å²) < 4.78 is 0. The summed E-state index contributed by atoms with van der Waals surface area (Å²) in [5, 5.41) is 14.2. The van der Waals surface area contributed by atoms with Crippen LogP contribution >= 0.6 is 0 Å². The normalized spacial score (nSPS) is 20.3. The van der Waals surface area contributed by atoms with Crippen molar-refractivity contribution in [2.75, 3.05) is 6.54 Å². The van der Waals surface area contributed by atoms with Crippen LogP contribution in [0.1, 0.15) is 46.0 Å². The van der Waals surface area contributed by atoms with Crippen molar-refractivity contribution in [3.63, 3.8) is 0 Å². The summed E-state index contributed by atoms with van der Waals surface area (Å²) in [7, 11) is 0. The van der Waals surface area contributed by atoms with Gasteiger partial charge in [0, 0.05) is 13.0 Å². The Morgan fingerprint density at radius 2 is 2.05 bits per heavy atom. The SMILES string of the molecule is CC(C)(CC(=O)O)CC(=O)N[C@@H]1CCCCNC1=O. The first kappa shape index (κ1) is 15.5. The van der Waals surface area contributed by atoms with Crippen molar-refractivity contribution in [1.29, 1.82) is 0 Å². The quantitative estimate of drug-likeness (QED) is 0.684. The molecular formula is C13H22N2O4. The van der Waals surface area contributed by atoms with Crippen LogP contribution in [0.25, 0.3) is 0 Å². The summed E-state index contributed by atoms with van der Waals surface area (Å²) in [5.41, 5.74) is -0.614. The fraction of sp³-hybridized carbons (Fsp3) is 0.769. The van der Waals surface area contributed by atoms with E-state index in [0.29, 0.717) is 13.0 Å². The maximum absolute atomic E-state index is 11.9. The minimum Gasteiger partial charge on any atom is -0.481 e. The smallest absolute Gasteiger partial charge is 0.303 e. The van der Waals surface area contributed by atoms with Crippen molar-refractivity contribution in [1.82, 2.24) is 10.6 Å². The second-order valence-corrected chi connectivity index (χ2v) is 5.82. The number of rotatable bonds is 5. The van der Waals surface area contributed by atoms with Crippen LogP contribution in [0.15, 0.2) is 0 Å². The molecule has 1 rings (SSSR count). The third kappa shape index (κ3) is 5.72. The number of carboxylic acids is 1. The van der Waals surface area contributed by atoms with E-state index < -0.39 is 17.4 Å². The van der Waals surface area contributed by atoms with Crippen LogP contribution in [0.3, 0.4) is 0 Å². The lowest BCUT2D eigenvalue weighted by atomic mass is 9.85. The van der Waals surface area contributed by atoms with Gasteiger partial charge >= 0.3 is 5.97 Å². The fourth-order valence-corrected chi connectivity index (χ4v) is 2.23. The molecule has 1 aliphatic rings. The summed E-state index contributed by atoms with van der Waals surface area (Å²) in [5.74, 6) is -1.35. The van der Waals surface area contributed by atoms with E-state index in [1.165, 1.54) is 0 Å². The van der Waals surface area contributed by atoms with Gasteiger partial charge in [0.25, 0.3) is 0 Å². The predicted octanol–water partition coefficient (Wildman–Crippen LogP) is 0.662. The molecule has 108 valence electrons. The van der Waals surface area contributed by atoms with E-state index in [0.717, 1.165) is 12.8 Å². The zero-order valence-electron chi connectivity index (χ0n) is 11.5. The molecule has 0 aromatic rings. The molecular weight excluding hydrogens is 248 g/mol. The number of hydrogen-bond acceptors (Lipinski definition) is 3. The van der Waals surface area contributed by atoms with Gasteiger partial charge in [0.15, 0.2) is 0 Å². The number of carbonyl (C=O) groups excluding carboxylic acids is 2. The molecule has 0 unspecified atom stereocenters. The van der Waals surface area contributed by atoms with Crippen molar-refractivity contribution < 1.29 is 19.5 Å². The van der Waals surface area contributed by atoms with Crippen LogP contribution in [-0.4, -0.2) is 35.5 Å². The molecule has 0 spiro atoms. The van der Waals surface area contributed by atoms with Gasteiger partial charge in [0.05, 0.1) is 6.42 Å². The zero-order chi connectivity index (χ0) is 14.5. The molecule has 19 heavy (non-hydrogen) atoms. The molecule has 1 heterocycles. The highest BCUT2D eigenvalue weighted by Crippen LogP contribution is 2.24. The van der Waals surface area contributed by atoms with Crippen molar-refractivity contribution >= 4 is 17.8 Å². The van der Waals surface area contributed by atoms with Gasteiger partial charge in [-0.1, -0.05) is 13.8 Å². The Morgan fingerprint density at radius 1 is 1.37 bits per heavy atom. The van der Waals surface area contributed by atoms with E-state index in [9.17, 15) is 14.4 Å². The molecule has 0 aliphatic carbocycles. The van der Waals surface area contributed by atoms with E-state index in [4.69, 9.17) is 5.11 Å². The largest absolute Gasteiger partial charge is 0.481 e. The summed E-state index contributed by atoms with van der Waals surface area (Å²) in [6.45, 7) is 4.11. The molecule has 1 aliphatic heterocycles. The molecule has 0 radical (unpaired) electrons. The highest BCUT2D eigenvalue weighted by molar-refractivity contribution is 5.88. The molecule has 3 N–H and O–H groups in total. The summed E-state index contributed by atoms with van der Waals surface area (Å²) >= 11 is 0. The molecule has 1 saturated heterocycles. The van der Waals surface area contributed by atoms with Gasteiger partial charge < -0.3 is 15.7 Å². The van der Waals surface area contributed by atoms with Crippen LogP contribution in [0, 0.1) is 5.41 Å². The molecule has 6 heteroatoms. The lowest BCUT2D eigenvalue weighted by Crippen LogP contribution is -2.46. The van der Waals surface area contributed by atoms with Crippen LogP contribution in [0.5, 0.6) is 0 Å². The third-order valence-electron chi connectivity index (χ3n) is 3.14. The van der Waals surface area contributed by atoms with Gasteiger partial charge in [-0.2, -0.15) is 0 Å². The van der Waals surface area contributed by atoms with Gasteiger partial charge in [-0.3, -0.25) is 14.4 Å². The van der Waals surface area contributed by atoms with E-state index >= 15 is 0 Å². The van der Waals surface area contributed by atoms with Crippen LogP contribution in [0.4, 0.5) is 0 Å². The molecule has 6 nitrogen and oxygen atoms in total. The first-order valence-corrected chi connectivity index (χ1v) is 6.59. The van der Waals surface area contributed by atoms with E-state index in [2.05, 4.69) is 10.6 Å². The molecule has 2 amide bonds. The Kier molecular flexibility index (Phi) is 5.32. The van der Waals surface area contributed by atoms with Crippen molar-refractivity contribution in [3.8, 4) is 0 Å².